The maximum atomic E-state index is 12.7. The largest absolute Gasteiger partial charge is 0.496 e. The van der Waals surface area contributed by atoms with E-state index in [2.05, 4.69) is 15.2 Å². The summed E-state index contributed by atoms with van der Waals surface area (Å²) in [5.41, 5.74) is 1.39. The highest BCUT2D eigenvalue weighted by Gasteiger charge is 2.18. The van der Waals surface area contributed by atoms with Gasteiger partial charge in [0.1, 0.15) is 11.5 Å². The number of methoxy groups -OCH3 is 1. The molecule has 0 aliphatic carbocycles. The smallest absolute Gasteiger partial charge is 0.192 e. The lowest BCUT2D eigenvalue weighted by Crippen LogP contribution is -2.08. The van der Waals surface area contributed by atoms with Crippen LogP contribution in [0.1, 0.15) is 16.1 Å². The van der Waals surface area contributed by atoms with Crippen LogP contribution in [-0.2, 0) is 6.54 Å². The molecular weight excluding hydrogens is 388 g/mol. The Hall–Kier alpha value is -3.39. The highest BCUT2D eigenvalue weighted by atomic mass is 32.2. The number of ether oxygens (including phenoxy) is 1. The zero-order chi connectivity index (χ0) is 20.1. The van der Waals surface area contributed by atoms with Gasteiger partial charge >= 0.3 is 0 Å². The van der Waals surface area contributed by atoms with Crippen LogP contribution in [0.3, 0.4) is 0 Å². The molecule has 29 heavy (non-hydrogen) atoms. The quantitative estimate of drug-likeness (QED) is 0.323. The summed E-state index contributed by atoms with van der Waals surface area (Å²) in [5.74, 6) is 2.17. The number of aromatic nitrogens is 4. The van der Waals surface area contributed by atoms with Crippen LogP contribution in [0.25, 0.3) is 11.4 Å². The molecule has 0 N–H and O–H groups in total. The van der Waals surface area contributed by atoms with Crippen LogP contribution in [0.2, 0.25) is 0 Å². The fraction of sp³-hybridized carbons (Fsp3) is 0.143. The predicted molar refractivity (Wildman–Crippen MR) is 109 cm³/mol. The lowest BCUT2D eigenvalue weighted by atomic mass is 10.1. The molecule has 3 aromatic heterocycles. The topological polar surface area (TPSA) is 83.0 Å². The zero-order valence-corrected chi connectivity index (χ0v) is 16.5. The summed E-state index contributed by atoms with van der Waals surface area (Å²) in [4.78, 5) is 16.9. The molecule has 8 heteroatoms. The van der Waals surface area contributed by atoms with Crippen LogP contribution in [0.15, 0.2) is 76.8 Å². The number of hydrogen-bond acceptors (Lipinski definition) is 7. The number of furan rings is 1. The molecule has 0 atom stereocenters. The van der Waals surface area contributed by atoms with E-state index < -0.39 is 0 Å². The first-order valence-corrected chi connectivity index (χ1v) is 9.90. The second-order valence-electron chi connectivity index (χ2n) is 6.13. The first-order valence-electron chi connectivity index (χ1n) is 8.91. The maximum absolute atomic E-state index is 12.7. The number of nitrogens with zero attached hydrogens (tertiary/aromatic N) is 4. The molecule has 0 radical (unpaired) electrons. The summed E-state index contributed by atoms with van der Waals surface area (Å²) in [7, 11) is 1.55. The van der Waals surface area contributed by atoms with Crippen molar-refractivity contribution in [2.75, 3.05) is 12.9 Å². The van der Waals surface area contributed by atoms with Crippen molar-refractivity contribution < 1.29 is 13.9 Å². The molecule has 0 aliphatic heterocycles. The van der Waals surface area contributed by atoms with Gasteiger partial charge in [-0.2, -0.15) is 0 Å². The third kappa shape index (κ3) is 4.22. The Morgan fingerprint density at radius 2 is 2.03 bits per heavy atom. The summed E-state index contributed by atoms with van der Waals surface area (Å²) < 4.78 is 12.7. The first kappa shape index (κ1) is 18.9. The number of hydrogen-bond donors (Lipinski definition) is 0. The number of carbonyl (C=O) groups is 1. The van der Waals surface area contributed by atoms with Gasteiger partial charge in [0.25, 0.3) is 0 Å². The number of pyridine rings is 1. The second-order valence-corrected chi connectivity index (χ2v) is 7.07. The Bertz CT molecular complexity index is 1090. The monoisotopic (exact) mass is 406 g/mol. The van der Waals surface area contributed by atoms with Gasteiger partial charge in [0.15, 0.2) is 16.8 Å². The van der Waals surface area contributed by atoms with Gasteiger partial charge < -0.3 is 9.15 Å². The van der Waals surface area contributed by atoms with Crippen molar-refractivity contribution in [2.45, 2.75) is 11.7 Å². The molecule has 146 valence electrons. The van der Waals surface area contributed by atoms with Crippen LogP contribution in [0.4, 0.5) is 0 Å². The van der Waals surface area contributed by atoms with Gasteiger partial charge in [-0.15, -0.1) is 10.2 Å². The van der Waals surface area contributed by atoms with E-state index in [9.17, 15) is 4.79 Å². The summed E-state index contributed by atoms with van der Waals surface area (Å²) in [5, 5.41) is 9.26. The molecule has 0 bridgehead atoms. The molecule has 0 saturated carbocycles. The van der Waals surface area contributed by atoms with Crippen LogP contribution >= 0.6 is 11.8 Å². The summed E-state index contributed by atoms with van der Waals surface area (Å²) in [6.07, 6.45) is 5.07. The van der Waals surface area contributed by atoms with Crippen molar-refractivity contribution in [2.24, 2.45) is 0 Å². The molecule has 0 aliphatic rings. The van der Waals surface area contributed by atoms with E-state index in [0.717, 1.165) is 11.3 Å². The molecule has 0 fully saturated rings. The number of para-hydroxylation sites is 1. The number of thioether (sulfide) groups is 1. The SMILES string of the molecule is COc1ccccc1C(=O)CSc1nnc(-c2cccnc2)n1Cc1ccco1. The van der Waals surface area contributed by atoms with Gasteiger partial charge in [-0.05, 0) is 36.4 Å². The number of ketones is 1. The van der Waals surface area contributed by atoms with E-state index in [1.165, 1.54) is 11.8 Å². The minimum Gasteiger partial charge on any atom is -0.496 e. The molecule has 7 nitrogen and oxygen atoms in total. The van der Waals surface area contributed by atoms with Crippen molar-refractivity contribution in [3.63, 3.8) is 0 Å². The van der Waals surface area contributed by atoms with Gasteiger partial charge in [-0.1, -0.05) is 23.9 Å². The van der Waals surface area contributed by atoms with Crippen LogP contribution in [0.5, 0.6) is 5.75 Å². The minimum atomic E-state index is -0.0390. The van der Waals surface area contributed by atoms with E-state index in [1.54, 1.807) is 37.9 Å². The van der Waals surface area contributed by atoms with Crippen molar-refractivity contribution in [3.05, 3.63) is 78.5 Å². The summed E-state index contributed by atoms with van der Waals surface area (Å²) in [6, 6.07) is 14.7. The fourth-order valence-electron chi connectivity index (χ4n) is 2.89. The maximum Gasteiger partial charge on any atom is 0.192 e. The lowest BCUT2D eigenvalue weighted by molar-refractivity contribution is 0.101. The molecule has 0 saturated heterocycles. The Morgan fingerprint density at radius 1 is 1.14 bits per heavy atom. The Balaban J connectivity index is 1.60. The molecule has 4 aromatic rings. The van der Waals surface area contributed by atoms with Crippen LogP contribution in [0, 0.1) is 0 Å². The molecule has 0 unspecified atom stereocenters. The van der Waals surface area contributed by atoms with E-state index in [4.69, 9.17) is 9.15 Å². The van der Waals surface area contributed by atoms with Crippen LogP contribution < -0.4 is 4.74 Å². The average Bonchev–Trinajstić information content (AvgIpc) is 3.43. The third-order valence-electron chi connectivity index (χ3n) is 4.27. The number of benzene rings is 1. The highest BCUT2D eigenvalue weighted by molar-refractivity contribution is 7.99. The summed E-state index contributed by atoms with van der Waals surface area (Å²) >= 11 is 1.33. The molecular formula is C21H18N4O3S. The van der Waals surface area contributed by atoms with E-state index in [-0.39, 0.29) is 11.5 Å². The Kier molecular flexibility index (Phi) is 5.71. The molecule has 0 spiro atoms. The van der Waals surface area contributed by atoms with Crippen LogP contribution in [-0.4, -0.2) is 38.4 Å². The van der Waals surface area contributed by atoms with Crippen molar-refractivity contribution in [3.8, 4) is 17.1 Å². The van der Waals surface area contributed by atoms with Gasteiger partial charge in [-0.3, -0.25) is 14.3 Å². The average molecular weight is 406 g/mol. The van der Waals surface area contributed by atoms with Gasteiger partial charge in [-0.25, -0.2) is 0 Å². The zero-order valence-electron chi connectivity index (χ0n) is 15.7. The minimum absolute atomic E-state index is 0.0390. The molecule has 4 rings (SSSR count). The second kappa shape index (κ2) is 8.74. The van der Waals surface area contributed by atoms with Crippen molar-refractivity contribution in [1.82, 2.24) is 19.7 Å². The van der Waals surface area contributed by atoms with E-state index in [1.807, 2.05) is 41.0 Å². The van der Waals surface area contributed by atoms with E-state index in [0.29, 0.717) is 28.8 Å². The van der Waals surface area contributed by atoms with Crippen molar-refractivity contribution in [1.29, 1.82) is 0 Å². The van der Waals surface area contributed by atoms with Gasteiger partial charge in [0, 0.05) is 18.0 Å². The summed E-state index contributed by atoms with van der Waals surface area (Å²) in [6.45, 7) is 0.454. The molecule has 3 heterocycles. The third-order valence-corrected chi connectivity index (χ3v) is 5.24. The Labute approximate surface area is 171 Å². The normalized spacial score (nSPS) is 10.8. The lowest BCUT2D eigenvalue weighted by Gasteiger charge is -2.09. The standard InChI is InChI=1S/C21H18N4O3S/c1-27-19-9-3-2-8-17(19)18(26)14-29-21-24-23-20(15-6-4-10-22-12-15)25(21)13-16-7-5-11-28-16/h2-12H,13-14H2,1H3. The first-order chi connectivity index (χ1) is 14.3. The number of carbonyl (C=O) groups excluding carboxylic acids is 1. The highest BCUT2D eigenvalue weighted by Crippen LogP contribution is 2.27. The van der Waals surface area contributed by atoms with Gasteiger partial charge in [0.05, 0.1) is 31.2 Å². The molecule has 0 amide bonds. The van der Waals surface area contributed by atoms with Crippen molar-refractivity contribution >= 4 is 17.5 Å². The predicted octanol–water partition coefficient (Wildman–Crippen LogP) is 3.97. The molecule has 1 aromatic carbocycles. The van der Waals surface area contributed by atoms with Gasteiger partial charge in [0.2, 0.25) is 0 Å². The van der Waals surface area contributed by atoms with E-state index >= 15 is 0 Å². The Morgan fingerprint density at radius 3 is 2.79 bits per heavy atom. The number of rotatable bonds is 8. The fourth-order valence-corrected chi connectivity index (χ4v) is 3.71. The number of Topliss-reactive ketones (excluding diaryl/α,β-unsaturated/α-hetero) is 1.